The summed E-state index contributed by atoms with van der Waals surface area (Å²) < 4.78 is 0.961. The van der Waals surface area contributed by atoms with E-state index < -0.39 is 0 Å². The highest BCUT2D eigenvalue weighted by Crippen LogP contribution is 2.23. The van der Waals surface area contributed by atoms with E-state index >= 15 is 0 Å². The predicted molar refractivity (Wildman–Crippen MR) is 87.6 cm³/mol. The van der Waals surface area contributed by atoms with Crippen LogP contribution in [-0.2, 0) is 4.79 Å². The molecule has 7 heteroatoms. The van der Waals surface area contributed by atoms with Crippen LogP contribution in [0.5, 0.6) is 0 Å². The molecule has 0 saturated carbocycles. The molecular formula is C14H18BrN3O2S. The molecule has 1 N–H and O–H groups in total. The van der Waals surface area contributed by atoms with Crippen LogP contribution in [0.4, 0.5) is 0 Å². The van der Waals surface area contributed by atoms with Crippen LogP contribution in [0.2, 0.25) is 0 Å². The van der Waals surface area contributed by atoms with Gasteiger partial charge in [-0.05, 0) is 28.1 Å². The maximum atomic E-state index is 12.3. The van der Waals surface area contributed by atoms with Crippen molar-refractivity contribution >= 4 is 39.1 Å². The zero-order valence-electron chi connectivity index (χ0n) is 11.7. The average molecular weight is 372 g/mol. The Bertz CT molecular complexity index is 524. The standard InChI is InChI=1S/C14H18BrN3O2S/c1-2-5-16-13(19)10-17-6-8-18(9-7-17)14(20)11-3-4-12(15)21-11/h2-4H,1,5-10H2,(H,16,19). The van der Waals surface area contributed by atoms with Gasteiger partial charge in [0.15, 0.2) is 0 Å². The summed E-state index contributed by atoms with van der Waals surface area (Å²) in [5, 5.41) is 2.76. The number of hydrogen-bond donors (Lipinski definition) is 1. The van der Waals surface area contributed by atoms with Gasteiger partial charge >= 0.3 is 0 Å². The number of nitrogens with one attached hydrogen (secondary N) is 1. The van der Waals surface area contributed by atoms with Crippen LogP contribution in [0, 0.1) is 0 Å². The molecule has 0 aromatic carbocycles. The van der Waals surface area contributed by atoms with Crippen LogP contribution in [0.1, 0.15) is 9.67 Å². The number of hydrogen-bond acceptors (Lipinski definition) is 4. The molecule has 114 valence electrons. The maximum absolute atomic E-state index is 12.3. The van der Waals surface area contributed by atoms with Gasteiger partial charge in [0.25, 0.3) is 5.91 Å². The SMILES string of the molecule is C=CCNC(=O)CN1CCN(C(=O)c2ccc(Br)s2)CC1. The molecule has 1 saturated heterocycles. The molecule has 2 rings (SSSR count). The van der Waals surface area contributed by atoms with Crippen molar-refractivity contribution in [3.8, 4) is 0 Å². The summed E-state index contributed by atoms with van der Waals surface area (Å²) in [4.78, 5) is 28.6. The van der Waals surface area contributed by atoms with E-state index in [1.165, 1.54) is 11.3 Å². The van der Waals surface area contributed by atoms with Crippen molar-refractivity contribution < 1.29 is 9.59 Å². The van der Waals surface area contributed by atoms with Crippen LogP contribution in [0.15, 0.2) is 28.6 Å². The third kappa shape index (κ3) is 4.66. The summed E-state index contributed by atoms with van der Waals surface area (Å²) in [6, 6.07) is 3.73. The topological polar surface area (TPSA) is 52.7 Å². The molecule has 0 bridgehead atoms. The minimum Gasteiger partial charge on any atom is -0.352 e. The van der Waals surface area contributed by atoms with Crippen molar-refractivity contribution in [2.45, 2.75) is 0 Å². The maximum Gasteiger partial charge on any atom is 0.264 e. The third-order valence-electron chi connectivity index (χ3n) is 3.25. The van der Waals surface area contributed by atoms with Crippen LogP contribution in [0.3, 0.4) is 0 Å². The van der Waals surface area contributed by atoms with Crippen LogP contribution < -0.4 is 5.32 Å². The van der Waals surface area contributed by atoms with Crippen molar-refractivity contribution in [1.29, 1.82) is 0 Å². The molecule has 0 unspecified atom stereocenters. The Kier molecular flexibility index (Phi) is 5.96. The highest BCUT2D eigenvalue weighted by Gasteiger charge is 2.23. The van der Waals surface area contributed by atoms with Gasteiger partial charge in [-0.2, -0.15) is 0 Å². The van der Waals surface area contributed by atoms with Crippen LogP contribution >= 0.6 is 27.3 Å². The summed E-state index contributed by atoms with van der Waals surface area (Å²) in [5.74, 6) is 0.0679. The quantitative estimate of drug-likeness (QED) is 0.799. The molecule has 1 aliphatic heterocycles. The van der Waals surface area contributed by atoms with E-state index in [0.29, 0.717) is 26.2 Å². The van der Waals surface area contributed by atoms with Crippen molar-refractivity contribution in [2.75, 3.05) is 39.3 Å². The van der Waals surface area contributed by atoms with Crippen molar-refractivity contribution in [2.24, 2.45) is 0 Å². The molecule has 1 fully saturated rings. The minimum atomic E-state index is -0.00290. The Morgan fingerprint density at radius 2 is 2.05 bits per heavy atom. The van der Waals surface area contributed by atoms with Crippen molar-refractivity contribution in [3.05, 3.63) is 33.5 Å². The Morgan fingerprint density at radius 1 is 1.33 bits per heavy atom. The molecule has 21 heavy (non-hydrogen) atoms. The van der Waals surface area contributed by atoms with E-state index in [9.17, 15) is 9.59 Å². The van der Waals surface area contributed by atoms with Gasteiger partial charge in [0, 0.05) is 32.7 Å². The zero-order chi connectivity index (χ0) is 15.2. The van der Waals surface area contributed by atoms with Gasteiger partial charge in [-0.25, -0.2) is 0 Å². The summed E-state index contributed by atoms with van der Waals surface area (Å²) in [6.07, 6.45) is 1.66. The molecule has 2 amide bonds. The number of carbonyl (C=O) groups excluding carboxylic acids is 2. The Morgan fingerprint density at radius 3 is 2.62 bits per heavy atom. The van der Waals surface area contributed by atoms with Gasteiger partial charge < -0.3 is 10.2 Å². The zero-order valence-corrected chi connectivity index (χ0v) is 14.1. The summed E-state index contributed by atoms with van der Waals surface area (Å²) in [7, 11) is 0. The van der Waals surface area contributed by atoms with Gasteiger partial charge in [0.05, 0.1) is 15.2 Å². The van der Waals surface area contributed by atoms with Crippen LogP contribution in [-0.4, -0.2) is 60.9 Å². The largest absolute Gasteiger partial charge is 0.352 e. The molecule has 0 atom stereocenters. The second-order valence-corrected chi connectivity index (χ2v) is 7.23. The molecule has 0 spiro atoms. The number of thiophene rings is 1. The number of halogens is 1. The van der Waals surface area contributed by atoms with E-state index in [1.807, 2.05) is 17.0 Å². The van der Waals surface area contributed by atoms with Crippen LogP contribution in [0.25, 0.3) is 0 Å². The van der Waals surface area contributed by atoms with Gasteiger partial charge in [-0.3, -0.25) is 14.5 Å². The fraction of sp³-hybridized carbons (Fsp3) is 0.429. The lowest BCUT2D eigenvalue weighted by atomic mass is 10.3. The minimum absolute atomic E-state index is 0.00290. The lowest BCUT2D eigenvalue weighted by Gasteiger charge is -2.34. The first-order valence-corrected chi connectivity index (χ1v) is 8.35. The van der Waals surface area contributed by atoms with Crippen molar-refractivity contribution in [1.82, 2.24) is 15.1 Å². The van der Waals surface area contributed by atoms with E-state index in [2.05, 4.69) is 32.7 Å². The molecular weight excluding hydrogens is 354 g/mol. The molecule has 1 aliphatic rings. The van der Waals surface area contributed by atoms with E-state index in [4.69, 9.17) is 0 Å². The lowest BCUT2D eigenvalue weighted by molar-refractivity contribution is -0.122. The molecule has 1 aromatic heterocycles. The molecule has 0 aliphatic carbocycles. The summed E-state index contributed by atoms with van der Waals surface area (Å²) >= 11 is 4.82. The first kappa shape index (κ1) is 16.2. The molecule has 0 radical (unpaired) electrons. The van der Waals surface area contributed by atoms with E-state index in [-0.39, 0.29) is 11.8 Å². The first-order chi connectivity index (χ1) is 10.1. The molecule has 5 nitrogen and oxygen atoms in total. The van der Waals surface area contributed by atoms with E-state index in [1.54, 1.807) is 6.08 Å². The van der Waals surface area contributed by atoms with E-state index in [0.717, 1.165) is 21.8 Å². The normalized spacial score (nSPS) is 15.8. The van der Waals surface area contributed by atoms with Gasteiger partial charge in [-0.1, -0.05) is 6.08 Å². The van der Waals surface area contributed by atoms with Crippen molar-refractivity contribution in [3.63, 3.8) is 0 Å². The predicted octanol–water partition coefficient (Wildman–Crippen LogP) is 1.57. The monoisotopic (exact) mass is 371 g/mol. The average Bonchev–Trinajstić information content (AvgIpc) is 2.92. The Labute approximate surface area is 136 Å². The fourth-order valence-electron chi connectivity index (χ4n) is 2.14. The number of nitrogens with zero attached hydrogens (tertiary/aromatic N) is 2. The number of amides is 2. The number of rotatable bonds is 5. The third-order valence-corrected chi connectivity index (χ3v) is 4.87. The Balaban J connectivity index is 1.79. The molecule has 2 heterocycles. The highest BCUT2D eigenvalue weighted by atomic mass is 79.9. The first-order valence-electron chi connectivity index (χ1n) is 6.74. The lowest BCUT2D eigenvalue weighted by Crippen LogP contribution is -2.51. The second-order valence-electron chi connectivity index (χ2n) is 4.76. The second kappa shape index (κ2) is 7.72. The van der Waals surface area contributed by atoms with Gasteiger partial charge in [-0.15, -0.1) is 17.9 Å². The number of carbonyl (C=O) groups is 2. The van der Waals surface area contributed by atoms with Gasteiger partial charge in [0.2, 0.25) is 5.91 Å². The fourth-order valence-corrected chi connectivity index (χ4v) is 3.49. The molecule has 1 aromatic rings. The number of piperazine rings is 1. The summed E-state index contributed by atoms with van der Waals surface area (Å²) in [5.41, 5.74) is 0. The smallest absolute Gasteiger partial charge is 0.264 e. The summed E-state index contributed by atoms with van der Waals surface area (Å²) in [6.45, 7) is 7.19. The van der Waals surface area contributed by atoms with Gasteiger partial charge in [0.1, 0.15) is 0 Å². The highest BCUT2D eigenvalue weighted by molar-refractivity contribution is 9.11. The Hall–Kier alpha value is -1.18.